The van der Waals surface area contributed by atoms with Crippen LogP contribution < -0.4 is 0 Å². The Labute approximate surface area is 144 Å². The minimum absolute atomic E-state index is 0.374. The van der Waals surface area contributed by atoms with E-state index in [2.05, 4.69) is 4.90 Å². The molecule has 4 rings (SSSR count). The van der Waals surface area contributed by atoms with Gasteiger partial charge in [-0.1, -0.05) is 17.7 Å². The van der Waals surface area contributed by atoms with Gasteiger partial charge in [-0.05, 0) is 37.8 Å². The van der Waals surface area contributed by atoms with E-state index in [1.54, 1.807) is 16.4 Å². The van der Waals surface area contributed by atoms with Crippen LogP contribution in [0.1, 0.15) is 31.2 Å². The van der Waals surface area contributed by atoms with Gasteiger partial charge in [-0.25, -0.2) is 8.42 Å². The standard InChI is InChI=1S/C18H26N2O3S/c1-15-2-6-17(7-3-15)24(21,22)20-12-13-23-18(20)8-10-19(11-9-18)14-16-4-5-16/h2-3,6-7,16H,4-5,8-14H2,1H3. The van der Waals surface area contributed by atoms with Gasteiger partial charge in [0.05, 0.1) is 11.5 Å². The molecule has 0 bridgehead atoms. The molecule has 1 saturated carbocycles. The molecule has 1 spiro atoms. The highest BCUT2D eigenvalue weighted by Crippen LogP contribution is 2.39. The molecule has 0 amide bonds. The quantitative estimate of drug-likeness (QED) is 0.835. The van der Waals surface area contributed by atoms with Gasteiger partial charge in [-0.3, -0.25) is 0 Å². The molecule has 1 aliphatic carbocycles. The zero-order valence-corrected chi connectivity index (χ0v) is 15.1. The van der Waals surface area contributed by atoms with Gasteiger partial charge in [-0.15, -0.1) is 0 Å². The number of aryl methyl sites for hydroxylation is 1. The summed E-state index contributed by atoms with van der Waals surface area (Å²) < 4.78 is 33.9. The number of benzene rings is 1. The average molecular weight is 350 g/mol. The van der Waals surface area contributed by atoms with Crippen molar-refractivity contribution in [2.24, 2.45) is 5.92 Å². The zero-order chi connectivity index (χ0) is 16.8. The van der Waals surface area contributed by atoms with Crippen molar-refractivity contribution in [2.75, 3.05) is 32.8 Å². The lowest BCUT2D eigenvalue weighted by Gasteiger charge is -2.43. The molecule has 0 atom stereocenters. The lowest BCUT2D eigenvalue weighted by molar-refractivity contribution is -0.0910. The van der Waals surface area contributed by atoms with E-state index < -0.39 is 15.7 Å². The fraction of sp³-hybridized carbons (Fsp3) is 0.667. The van der Waals surface area contributed by atoms with E-state index in [-0.39, 0.29) is 0 Å². The Balaban J connectivity index is 1.53. The summed E-state index contributed by atoms with van der Waals surface area (Å²) in [7, 11) is -3.50. The highest BCUT2D eigenvalue weighted by Gasteiger charge is 2.50. The van der Waals surface area contributed by atoms with E-state index in [0.717, 1.165) is 37.4 Å². The van der Waals surface area contributed by atoms with Crippen LogP contribution in [0.5, 0.6) is 0 Å². The van der Waals surface area contributed by atoms with Crippen molar-refractivity contribution in [1.29, 1.82) is 0 Å². The summed E-state index contributed by atoms with van der Waals surface area (Å²) in [4.78, 5) is 2.85. The summed E-state index contributed by atoms with van der Waals surface area (Å²) in [6.07, 6.45) is 4.24. The van der Waals surface area contributed by atoms with Crippen LogP contribution in [0.25, 0.3) is 0 Å². The summed E-state index contributed by atoms with van der Waals surface area (Å²) in [5, 5.41) is 0. The van der Waals surface area contributed by atoms with Crippen molar-refractivity contribution in [1.82, 2.24) is 9.21 Å². The van der Waals surface area contributed by atoms with E-state index in [9.17, 15) is 8.42 Å². The second-order valence-corrected chi connectivity index (χ2v) is 9.29. The molecule has 5 nitrogen and oxygen atoms in total. The molecule has 0 radical (unpaired) electrons. The van der Waals surface area contributed by atoms with Crippen LogP contribution in [0.15, 0.2) is 29.2 Å². The predicted octanol–water partition coefficient (Wildman–Crippen LogP) is 2.22. The summed E-state index contributed by atoms with van der Waals surface area (Å²) in [5.74, 6) is 0.871. The Kier molecular flexibility index (Phi) is 4.19. The van der Waals surface area contributed by atoms with Crippen LogP contribution in [-0.2, 0) is 14.8 Å². The van der Waals surface area contributed by atoms with E-state index in [4.69, 9.17) is 4.74 Å². The molecular weight excluding hydrogens is 324 g/mol. The molecule has 0 aromatic heterocycles. The van der Waals surface area contributed by atoms with Crippen LogP contribution in [0, 0.1) is 12.8 Å². The van der Waals surface area contributed by atoms with Gasteiger partial charge in [0.2, 0.25) is 10.0 Å². The fourth-order valence-electron chi connectivity index (χ4n) is 3.92. The van der Waals surface area contributed by atoms with Gasteiger partial charge < -0.3 is 9.64 Å². The van der Waals surface area contributed by atoms with Gasteiger partial charge in [0, 0.05) is 39.0 Å². The number of hydrogen-bond acceptors (Lipinski definition) is 4. The smallest absolute Gasteiger partial charge is 0.245 e. The van der Waals surface area contributed by atoms with E-state index in [1.165, 1.54) is 19.4 Å². The van der Waals surface area contributed by atoms with Crippen molar-refractivity contribution >= 4 is 10.0 Å². The Morgan fingerprint density at radius 3 is 2.42 bits per heavy atom. The largest absolute Gasteiger partial charge is 0.358 e. The third-order valence-electron chi connectivity index (χ3n) is 5.58. The van der Waals surface area contributed by atoms with Crippen molar-refractivity contribution in [2.45, 2.75) is 43.2 Å². The van der Waals surface area contributed by atoms with Gasteiger partial charge >= 0.3 is 0 Å². The monoisotopic (exact) mass is 350 g/mol. The minimum atomic E-state index is -3.50. The molecule has 3 fully saturated rings. The van der Waals surface area contributed by atoms with Crippen LogP contribution in [-0.4, -0.2) is 56.1 Å². The molecule has 132 valence electrons. The Bertz CT molecular complexity index is 689. The number of piperidine rings is 1. The van der Waals surface area contributed by atoms with E-state index >= 15 is 0 Å². The normalized spacial score (nSPS) is 25.4. The average Bonchev–Trinajstić information content (AvgIpc) is 3.29. The number of ether oxygens (including phenoxy) is 1. The molecule has 6 heteroatoms. The number of nitrogens with zero attached hydrogens (tertiary/aromatic N) is 2. The highest BCUT2D eigenvalue weighted by molar-refractivity contribution is 7.89. The molecule has 0 unspecified atom stereocenters. The van der Waals surface area contributed by atoms with Crippen molar-refractivity contribution in [3.8, 4) is 0 Å². The first-order valence-corrected chi connectivity index (χ1v) is 10.4. The van der Waals surface area contributed by atoms with Gasteiger partial charge in [0.15, 0.2) is 0 Å². The summed E-state index contributed by atoms with van der Waals surface area (Å²) in [6, 6.07) is 7.13. The molecule has 0 N–H and O–H groups in total. The summed E-state index contributed by atoms with van der Waals surface area (Å²) in [6.45, 7) is 5.94. The minimum Gasteiger partial charge on any atom is -0.358 e. The highest BCUT2D eigenvalue weighted by atomic mass is 32.2. The summed E-state index contributed by atoms with van der Waals surface area (Å²) in [5.41, 5.74) is 0.429. The van der Waals surface area contributed by atoms with Crippen LogP contribution in [0.2, 0.25) is 0 Å². The molecular formula is C18H26N2O3S. The van der Waals surface area contributed by atoms with Crippen LogP contribution in [0.4, 0.5) is 0 Å². The zero-order valence-electron chi connectivity index (χ0n) is 14.3. The maximum absolute atomic E-state index is 13.1. The Morgan fingerprint density at radius 2 is 1.79 bits per heavy atom. The maximum Gasteiger partial charge on any atom is 0.245 e. The lowest BCUT2D eigenvalue weighted by Crippen LogP contribution is -2.55. The third-order valence-corrected chi connectivity index (χ3v) is 7.54. The first-order valence-electron chi connectivity index (χ1n) is 8.95. The topological polar surface area (TPSA) is 49.9 Å². The fourth-order valence-corrected chi connectivity index (χ4v) is 5.64. The van der Waals surface area contributed by atoms with E-state index in [0.29, 0.717) is 18.0 Å². The van der Waals surface area contributed by atoms with E-state index in [1.807, 2.05) is 19.1 Å². The molecule has 1 aromatic carbocycles. The maximum atomic E-state index is 13.1. The van der Waals surface area contributed by atoms with Crippen molar-refractivity contribution in [3.05, 3.63) is 29.8 Å². The molecule has 3 aliphatic rings. The van der Waals surface area contributed by atoms with Gasteiger partial charge in [0.1, 0.15) is 5.72 Å². The SMILES string of the molecule is Cc1ccc(S(=O)(=O)N2CCOC23CCN(CC2CC2)CC3)cc1. The van der Waals surface area contributed by atoms with Crippen LogP contribution in [0.3, 0.4) is 0 Å². The van der Waals surface area contributed by atoms with Gasteiger partial charge in [-0.2, -0.15) is 4.31 Å². The Morgan fingerprint density at radius 1 is 1.12 bits per heavy atom. The molecule has 2 saturated heterocycles. The first-order chi connectivity index (χ1) is 11.5. The lowest BCUT2D eigenvalue weighted by atomic mass is 10.0. The van der Waals surface area contributed by atoms with Crippen molar-refractivity contribution in [3.63, 3.8) is 0 Å². The summed E-state index contributed by atoms with van der Waals surface area (Å²) >= 11 is 0. The number of hydrogen-bond donors (Lipinski definition) is 0. The second kappa shape index (κ2) is 6.09. The molecule has 1 aromatic rings. The number of sulfonamides is 1. The predicted molar refractivity (Wildman–Crippen MR) is 92.2 cm³/mol. The van der Waals surface area contributed by atoms with Crippen LogP contribution >= 0.6 is 0 Å². The molecule has 24 heavy (non-hydrogen) atoms. The third kappa shape index (κ3) is 3.01. The van der Waals surface area contributed by atoms with Gasteiger partial charge in [0.25, 0.3) is 0 Å². The molecule has 2 aliphatic heterocycles. The number of likely N-dealkylation sites (tertiary alicyclic amines) is 1. The Hall–Kier alpha value is -0.950. The van der Waals surface area contributed by atoms with Crippen molar-refractivity contribution < 1.29 is 13.2 Å². The second-order valence-electron chi connectivity index (χ2n) is 7.43. The number of rotatable bonds is 4. The molecule has 2 heterocycles. The first kappa shape index (κ1) is 16.5.